The fourth-order valence-corrected chi connectivity index (χ4v) is 3.94. The van der Waals surface area contributed by atoms with Crippen LogP contribution in [0.2, 0.25) is 0 Å². The van der Waals surface area contributed by atoms with E-state index in [0.29, 0.717) is 18.9 Å². The van der Waals surface area contributed by atoms with Crippen LogP contribution >= 0.6 is 0 Å². The Hall–Kier alpha value is -3.34. The average molecular weight is 417 g/mol. The Morgan fingerprint density at radius 2 is 1.90 bits per heavy atom. The molecule has 0 saturated carbocycles. The maximum Gasteiger partial charge on any atom is 0.358 e. The predicted octanol–water partition coefficient (Wildman–Crippen LogP) is 5.23. The third kappa shape index (κ3) is 5.05. The lowest BCUT2D eigenvalue weighted by molar-refractivity contribution is 0.0518. The fourth-order valence-electron chi connectivity index (χ4n) is 3.94. The van der Waals surface area contributed by atoms with Crippen molar-refractivity contribution in [1.29, 1.82) is 0 Å². The first-order valence-electron chi connectivity index (χ1n) is 10.9. The van der Waals surface area contributed by atoms with Crippen molar-refractivity contribution in [2.24, 2.45) is 7.05 Å². The molecule has 0 atom stereocenters. The van der Waals surface area contributed by atoms with Gasteiger partial charge in [0.05, 0.1) is 12.3 Å². The Labute approximate surface area is 183 Å². The van der Waals surface area contributed by atoms with E-state index in [-0.39, 0.29) is 0 Å². The molecular weight excluding hydrogens is 388 g/mol. The molecule has 1 heterocycles. The Balaban J connectivity index is 1.58. The van der Waals surface area contributed by atoms with E-state index in [1.165, 1.54) is 24.0 Å². The van der Waals surface area contributed by atoms with E-state index in [9.17, 15) is 4.79 Å². The first kappa shape index (κ1) is 20.9. The minimum atomic E-state index is -0.400. The summed E-state index contributed by atoms with van der Waals surface area (Å²) in [5, 5.41) is 4.26. The van der Waals surface area contributed by atoms with Gasteiger partial charge in [0, 0.05) is 7.05 Å². The number of benzene rings is 2. The van der Waals surface area contributed by atoms with Crippen molar-refractivity contribution in [2.75, 3.05) is 6.61 Å². The van der Waals surface area contributed by atoms with Gasteiger partial charge in [0.25, 0.3) is 0 Å². The summed E-state index contributed by atoms with van der Waals surface area (Å²) in [6, 6.07) is 16.4. The van der Waals surface area contributed by atoms with Crippen LogP contribution in [0.5, 0.6) is 5.75 Å². The van der Waals surface area contributed by atoms with Gasteiger partial charge < -0.3 is 9.47 Å². The van der Waals surface area contributed by atoms with Gasteiger partial charge >= 0.3 is 5.97 Å². The molecule has 5 nitrogen and oxygen atoms in total. The maximum atomic E-state index is 11.9. The van der Waals surface area contributed by atoms with Gasteiger partial charge in [-0.1, -0.05) is 42.5 Å². The van der Waals surface area contributed by atoms with Gasteiger partial charge in [-0.2, -0.15) is 5.10 Å². The van der Waals surface area contributed by atoms with Gasteiger partial charge in [-0.05, 0) is 73.1 Å². The van der Waals surface area contributed by atoms with E-state index >= 15 is 0 Å². The van der Waals surface area contributed by atoms with Gasteiger partial charge in [0.2, 0.25) is 0 Å². The van der Waals surface area contributed by atoms with E-state index < -0.39 is 5.97 Å². The smallest absolute Gasteiger partial charge is 0.358 e. The Kier molecular flexibility index (Phi) is 6.51. The molecule has 0 N–H and O–H groups in total. The predicted molar refractivity (Wildman–Crippen MR) is 122 cm³/mol. The number of ether oxygens (including phenoxy) is 2. The summed E-state index contributed by atoms with van der Waals surface area (Å²) in [6.07, 6.45) is 8.58. The molecule has 160 valence electrons. The van der Waals surface area contributed by atoms with E-state index in [1.54, 1.807) is 17.7 Å². The first-order valence-corrected chi connectivity index (χ1v) is 10.9. The summed E-state index contributed by atoms with van der Waals surface area (Å²) in [4.78, 5) is 11.9. The molecule has 0 saturated heterocycles. The summed E-state index contributed by atoms with van der Waals surface area (Å²) in [6.45, 7) is 2.68. The highest BCUT2D eigenvalue weighted by Crippen LogP contribution is 2.32. The van der Waals surface area contributed by atoms with Crippen LogP contribution in [0, 0.1) is 0 Å². The molecule has 5 heteroatoms. The van der Waals surface area contributed by atoms with E-state index in [4.69, 9.17) is 9.47 Å². The molecule has 3 aromatic rings. The quantitative estimate of drug-likeness (QED) is 0.495. The van der Waals surface area contributed by atoms with Crippen LogP contribution < -0.4 is 4.74 Å². The zero-order valence-electron chi connectivity index (χ0n) is 18.1. The molecule has 0 bridgehead atoms. The molecule has 0 amide bonds. The summed E-state index contributed by atoms with van der Waals surface area (Å²) in [7, 11) is 1.82. The molecule has 31 heavy (non-hydrogen) atoms. The van der Waals surface area contributed by atoms with Crippen LogP contribution in [-0.4, -0.2) is 22.4 Å². The number of aromatic nitrogens is 2. The lowest BCUT2D eigenvalue weighted by atomic mass is 9.89. The zero-order chi connectivity index (χ0) is 21.6. The van der Waals surface area contributed by atoms with Crippen molar-refractivity contribution < 1.29 is 14.3 Å². The standard InChI is InChI=1S/C26H28N2O3/c1-3-30-26(29)24-17-22(28(2)27-24)14-13-20-15-21-11-7-8-12-23(21)25(16-20)31-18-19-9-5-4-6-10-19/h4-6,9-10,13-17H,3,7-8,11-12,18H2,1-2H3/b14-13+. The zero-order valence-corrected chi connectivity index (χ0v) is 18.1. The SMILES string of the molecule is CCOC(=O)c1cc(/C=C/c2cc3c(c(OCc4ccccc4)c2)CCCC3)n(C)n1. The number of esters is 1. The first-order chi connectivity index (χ1) is 15.1. The minimum Gasteiger partial charge on any atom is -0.489 e. The number of carbonyl (C=O) groups is 1. The lowest BCUT2D eigenvalue weighted by Crippen LogP contribution is -2.07. The van der Waals surface area contributed by atoms with Crippen molar-refractivity contribution in [3.8, 4) is 5.75 Å². The molecule has 0 radical (unpaired) electrons. The molecule has 0 aliphatic heterocycles. The third-order valence-electron chi connectivity index (χ3n) is 5.53. The van der Waals surface area contributed by atoms with Gasteiger partial charge in [-0.25, -0.2) is 4.79 Å². The Morgan fingerprint density at radius 3 is 2.71 bits per heavy atom. The number of hydrogen-bond donors (Lipinski definition) is 0. The lowest BCUT2D eigenvalue weighted by Gasteiger charge is -2.21. The number of fused-ring (bicyclic) bond motifs is 1. The van der Waals surface area contributed by atoms with Crippen molar-refractivity contribution in [3.63, 3.8) is 0 Å². The fraction of sp³-hybridized carbons (Fsp3) is 0.308. The summed E-state index contributed by atoms with van der Waals surface area (Å²) >= 11 is 0. The molecule has 0 spiro atoms. The van der Waals surface area contributed by atoms with Crippen molar-refractivity contribution in [3.05, 3.63) is 82.2 Å². The molecule has 0 unspecified atom stereocenters. The van der Waals surface area contributed by atoms with Crippen LogP contribution in [0.15, 0.2) is 48.5 Å². The number of rotatable bonds is 7. The van der Waals surface area contributed by atoms with E-state index in [0.717, 1.165) is 35.4 Å². The monoisotopic (exact) mass is 416 g/mol. The van der Waals surface area contributed by atoms with E-state index in [1.807, 2.05) is 31.3 Å². The highest BCUT2D eigenvalue weighted by Gasteiger charge is 2.16. The van der Waals surface area contributed by atoms with Crippen molar-refractivity contribution >= 4 is 18.1 Å². The van der Waals surface area contributed by atoms with Crippen LogP contribution in [0.4, 0.5) is 0 Å². The Bertz CT molecular complexity index is 1080. The largest absolute Gasteiger partial charge is 0.489 e. The van der Waals surface area contributed by atoms with Crippen LogP contribution in [0.3, 0.4) is 0 Å². The second-order valence-electron chi connectivity index (χ2n) is 7.77. The normalized spacial score (nSPS) is 13.2. The number of carbonyl (C=O) groups excluding carboxylic acids is 1. The number of nitrogens with zero attached hydrogens (tertiary/aromatic N) is 2. The highest BCUT2D eigenvalue weighted by atomic mass is 16.5. The maximum absolute atomic E-state index is 11.9. The number of hydrogen-bond acceptors (Lipinski definition) is 4. The third-order valence-corrected chi connectivity index (χ3v) is 5.53. The molecule has 4 rings (SSSR count). The molecule has 1 aliphatic carbocycles. The minimum absolute atomic E-state index is 0.321. The van der Waals surface area contributed by atoms with Gasteiger partial charge in [0.15, 0.2) is 5.69 Å². The van der Waals surface area contributed by atoms with Crippen molar-refractivity contribution in [1.82, 2.24) is 9.78 Å². The van der Waals surface area contributed by atoms with Gasteiger partial charge in [-0.15, -0.1) is 0 Å². The Morgan fingerprint density at radius 1 is 1.10 bits per heavy atom. The number of aryl methyl sites for hydroxylation is 2. The second kappa shape index (κ2) is 9.65. The average Bonchev–Trinajstić information content (AvgIpc) is 3.17. The van der Waals surface area contributed by atoms with Crippen LogP contribution in [-0.2, 0) is 31.2 Å². The molecular formula is C26H28N2O3. The molecule has 1 aromatic heterocycles. The summed E-state index contributed by atoms with van der Waals surface area (Å²) in [5.74, 6) is 0.570. The van der Waals surface area contributed by atoms with E-state index in [2.05, 4.69) is 35.4 Å². The molecule has 0 fully saturated rings. The summed E-state index contributed by atoms with van der Waals surface area (Å²) in [5.41, 5.74) is 6.11. The topological polar surface area (TPSA) is 53.4 Å². The molecule has 1 aliphatic rings. The van der Waals surface area contributed by atoms with Crippen LogP contribution in [0.25, 0.3) is 12.2 Å². The van der Waals surface area contributed by atoms with Crippen LogP contribution in [0.1, 0.15) is 58.2 Å². The van der Waals surface area contributed by atoms with Gasteiger partial charge in [-0.3, -0.25) is 4.68 Å². The second-order valence-corrected chi connectivity index (χ2v) is 7.77. The summed E-state index contributed by atoms with van der Waals surface area (Å²) < 4.78 is 13.0. The van der Waals surface area contributed by atoms with Crippen molar-refractivity contribution in [2.45, 2.75) is 39.2 Å². The highest BCUT2D eigenvalue weighted by molar-refractivity contribution is 5.88. The van der Waals surface area contributed by atoms with Gasteiger partial charge in [0.1, 0.15) is 12.4 Å². The molecule has 2 aromatic carbocycles.